The van der Waals surface area contributed by atoms with E-state index in [1.54, 1.807) is 11.3 Å². The van der Waals surface area contributed by atoms with Crippen LogP contribution in [0.4, 0.5) is 5.69 Å². The first-order chi connectivity index (χ1) is 18.7. The van der Waals surface area contributed by atoms with Gasteiger partial charge >= 0.3 is 0 Å². The lowest BCUT2D eigenvalue weighted by Crippen LogP contribution is -2.47. The lowest BCUT2D eigenvalue weighted by Gasteiger charge is -2.37. The quantitative estimate of drug-likeness (QED) is 0.298. The monoisotopic (exact) mass is 522 g/mol. The Morgan fingerprint density at radius 1 is 0.842 bits per heavy atom. The maximum atomic E-state index is 13.3. The van der Waals surface area contributed by atoms with Gasteiger partial charge in [0.05, 0.1) is 17.7 Å². The topological polar surface area (TPSA) is 39.7 Å². The number of thiazole rings is 1. The van der Waals surface area contributed by atoms with Crippen LogP contribution in [0.1, 0.15) is 45.1 Å². The minimum atomic E-state index is 0.132. The maximum absolute atomic E-state index is 13.3. The van der Waals surface area contributed by atoms with E-state index < -0.39 is 0 Å². The predicted molar refractivity (Wildman–Crippen MR) is 155 cm³/mol. The molecule has 3 heterocycles. The zero-order valence-electron chi connectivity index (χ0n) is 21.7. The zero-order valence-corrected chi connectivity index (χ0v) is 22.5. The van der Waals surface area contributed by atoms with Crippen molar-refractivity contribution < 1.29 is 4.79 Å². The fraction of sp³-hybridized carbons (Fsp3) is 0.312. The van der Waals surface area contributed by atoms with Crippen LogP contribution in [0.2, 0.25) is 0 Å². The van der Waals surface area contributed by atoms with Gasteiger partial charge in [0, 0.05) is 55.3 Å². The Hall–Kier alpha value is -3.48. The molecule has 1 saturated heterocycles. The van der Waals surface area contributed by atoms with E-state index in [1.165, 1.54) is 22.4 Å². The van der Waals surface area contributed by atoms with Gasteiger partial charge in [-0.15, -0.1) is 11.3 Å². The smallest absolute Gasteiger partial charge is 0.254 e. The van der Waals surface area contributed by atoms with Crippen molar-refractivity contribution in [3.63, 3.8) is 0 Å². The average Bonchev–Trinajstić information content (AvgIpc) is 3.49. The van der Waals surface area contributed by atoms with Gasteiger partial charge in [0.2, 0.25) is 0 Å². The number of fused-ring (bicyclic) bond motifs is 1. The summed E-state index contributed by atoms with van der Waals surface area (Å²) in [6, 6.07) is 28.3. The fourth-order valence-electron chi connectivity index (χ4n) is 5.81. The van der Waals surface area contributed by atoms with Crippen LogP contribution in [-0.4, -0.2) is 60.0 Å². The summed E-state index contributed by atoms with van der Waals surface area (Å²) < 4.78 is 0. The molecule has 0 radical (unpaired) electrons. The third-order valence-electron chi connectivity index (χ3n) is 7.97. The average molecular weight is 523 g/mol. The van der Waals surface area contributed by atoms with Crippen LogP contribution in [0.15, 0.2) is 89.8 Å². The molecule has 0 N–H and O–H groups in total. The highest BCUT2D eigenvalue weighted by molar-refractivity contribution is 7.07. The van der Waals surface area contributed by atoms with Crippen molar-refractivity contribution in [1.29, 1.82) is 0 Å². The Kier molecular flexibility index (Phi) is 7.52. The van der Waals surface area contributed by atoms with Gasteiger partial charge in [0.15, 0.2) is 0 Å². The van der Waals surface area contributed by atoms with Crippen LogP contribution >= 0.6 is 11.3 Å². The number of piperazine rings is 1. The van der Waals surface area contributed by atoms with Crippen LogP contribution in [0.25, 0.3) is 0 Å². The lowest BCUT2D eigenvalue weighted by molar-refractivity contribution is 0.0725. The van der Waals surface area contributed by atoms with Crippen molar-refractivity contribution in [3.05, 3.63) is 118 Å². The molecular weight excluding hydrogens is 488 g/mol. The van der Waals surface area contributed by atoms with Crippen molar-refractivity contribution in [1.82, 2.24) is 14.8 Å². The molecule has 4 aromatic rings. The summed E-state index contributed by atoms with van der Waals surface area (Å²) >= 11 is 1.58. The summed E-state index contributed by atoms with van der Waals surface area (Å²) in [5, 5.41) is 2.03. The Labute approximate surface area is 229 Å². The van der Waals surface area contributed by atoms with Crippen LogP contribution in [0.3, 0.4) is 0 Å². The molecule has 3 aromatic carbocycles. The summed E-state index contributed by atoms with van der Waals surface area (Å²) in [6.45, 7) is 6.48. The largest absolute Gasteiger partial charge is 0.369 e. The van der Waals surface area contributed by atoms with E-state index in [1.807, 2.05) is 15.8 Å². The molecule has 6 rings (SSSR count). The minimum absolute atomic E-state index is 0.132. The molecule has 0 spiro atoms. The second-order valence-corrected chi connectivity index (χ2v) is 11.0. The first-order valence-corrected chi connectivity index (χ1v) is 14.6. The number of hydrogen-bond donors (Lipinski definition) is 0. The van der Waals surface area contributed by atoms with Crippen molar-refractivity contribution in [2.45, 2.75) is 25.3 Å². The third-order valence-corrected chi connectivity index (χ3v) is 8.61. The number of rotatable bonds is 8. The van der Waals surface area contributed by atoms with Gasteiger partial charge in [0.1, 0.15) is 0 Å². The fourth-order valence-corrected chi connectivity index (χ4v) is 6.35. The Morgan fingerprint density at radius 2 is 1.55 bits per heavy atom. The van der Waals surface area contributed by atoms with Gasteiger partial charge in [0.25, 0.3) is 5.91 Å². The number of amides is 1. The first kappa shape index (κ1) is 24.8. The predicted octanol–water partition coefficient (Wildman–Crippen LogP) is 5.69. The molecule has 5 nitrogen and oxygen atoms in total. The molecule has 1 fully saturated rings. The molecule has 2 aliphatic rings. The van der Waals surface area contributed by atoms with Gasteiger partial charge in [-0.2, -0.15) is 0 Å². The number of aromatic nitrogens is 1. The van der Waals surface area contributed by atoms with Crippen molar-refractivity contribution in [3.8, 4) is 0 Å². The summed E-state index contributed by atoms with van der Waals surface area (Å²) in [4.78, 5) is 24.6. The summed E-state index contributed by atoms with van der Waals surface area (Å²) in [5.41, 5.74) is 8.78. The second-order valence-electron chi connectivity index (χ2n) is 10.3. The molecule has 0 aliphatic carbocycles. The molecule has 1 aromatic heterocycles. The molecular formula is C32H34N4OS. The lowest BCUT2D eigenvalue weighted by atomic mass is 9.88. The maximum Gasteiger partial charge on any atom is 0.254 e. The Bertz CT molecular complexity index is 1300. The number of nitrogens with zero attached hydrogens (tertiary/aromatic N) is 4. The Morgan fingerprint density at radius 3 is 2.21 bits per heavy atom. The highest BCUT2D eigenvalue weighted by atomic mass is 32.1. The van der Waals surface area contributed by atoms with Crippen LogP contribution < -0.4 is 4.90 Å². The van der Waals surface area contributed by atoms with Gasteiger partial charge < -0.3 is 9.80 Å². The van der Waals surface area contributed by atoms with Crippen molar-refractivity contribution in [2.24, 2.45) is 0 Å². The Balaban J connectivity index is 1.08. The first-order valence-electron chi connectivity index (χ1n) is 13.6. The van der Waals surface area contributed by atoms with E-state index in [4.69, 9.17) is 0 Å². The molecule has 0 saturated carbocycles. The van der Waals surface area contributed by atoms with Crippen molar-refractivity contribution in [2.75, 3.05) is 44.2 Å². The van der Waals surface area contributed by atoms with Gasteiger partial charge in [-0.25, -0.2) is 4.98 Å². The number of hydrogen-bond acceptors (Lipinski definition) is 5. The number of anilines is 1. The van der Waals surface area contributed by atoms with Gasteiger partial charge in [-0.3, -0.25) is 9.69 Å². The van der Waals surface area contributed by atoms with Gasteiger partial charge in [-0.1, -0.05) is 66.7 Å². The van der Waals surface area contributed by atoms with E-state index in [2.05, 4.69) is 93.6 Å². The SMILES string of the molecule is O=C1c2cc(N3CCN(CCC(c4ccccc4)c4ccccc4)CC3)ccc2CCN1Cc1cscn1. The highest BCUT2D eigenvalue weighted by Gasteiger charge is 2.27. The third kappa shape index (κ3) is 5.52. The van der Waals surface area contributed by atoms with E-state index >= 15 is 0 Å². The number of carbonyl (C=O) groups is 1. The van der Waals surface area contributed by atoms with Crippen molar-refractivity contribution >= 4 is 22.9 Å². The molecule has 0 atom stereocenters. The molecule has 6 heteroatoms. The minimum Gasteiger partial charge on any atom is -0.369 e. The molecule has 0 unspecified atom stereocenters. The molecule has 38 heavy (non-hydrogen) atoms. The van der Waals surface area contributed by atoms with Crippen LogP contribution in [0.5, 0.6) is 0 Å². The zero-order chi connectivity index (χ0) is 25.7. The van der Waals surface area contributed by atoms with E-state index in [9.17, 15) is 4.79 Å². The normalized spacial score (nSPS) is 16.2. The molecule has 0 bridgehead atoms. The van der Waals surface area contributed by atoms with E-state index in [0.29, 0.717) is 12.5 Å². The molecule has 2 aliphatic heterocycles. The second kappa shape index (κ2) is 11.5. The molecule has 1 amide bonds. The summed E-state index contributed by atoms with van der Waals surface area (Å²) in [5.74, 6) is 0.543. The summed E-state index contributed by atoms with van der Waals surface area (Å²) in [6.07, 6.45) is 2.01. The highest BCUT2D eigenvalue weighted by Crippen LogP contribution is 2.29. The summed E-state index contributed by atoms with van der Waals surface area (Å²) in [7, 11) is 0. The van der Waals surface area contributed by atoms with Crippen LogP contribution in [-0.2, 0) is 13.0 Å². The number of carbonyl (C=O) groups excluding carboxylic acids is 1. The van der Waals surface area contributed by atoms with E-state index in [-0.39, 0.29) is 5.91 Å². The van der Waals surface area contributed by atoms with E-state index in [0.717, 1.165) is 63.4 Å². The number of benzene rings is 3. The van der Waals surface area contributed by atoms with Gasteiger partial charge in [-0.05, 0) is 48.2 Å². The standard InChI is InChI=1S/C32H34N4OS/c37-32-31-21-29(12-11-27(31)13-16-36(32)22-28-23-38-24-33-28)35-19-17-34(18-20-35)15-14-30(25-7-3-1-4-8-25)26-9-5-2-6-10-26/h1-12,21,23-24,30H,13-20,22H2. The van der Waals surface area contributed by atoms with Crippen LogP contribution in [0, 0.1) is 0 Å². The molecule has 194 valence electrons.